The summed E-state index contributed by atoms with van der Waals surface area (Å²) in [6, 6.07) is 3.65. The molecule has 3 N–H and O–H groups in total. The van der Waals surface area contributed by atoms with Crippen LogP contribution in [0.2, 0.25) is 0 Å². The quantitative estimate of drug-likeness (QED) is 0.345. The molecule has 28 heavy (non-hydrogen) atoms. The lowest BCUT2D eigenvalue weighted by Crippen LogP contribution is -2.55. The SMILES string of the molecule is CCCCOC[C@@H](O)[C@@H](OCCCC)[C@@](C)(OCCCC)C(O)c1ccc[nH]1. The number of aliphatic hydroxyl groups excluding tert-OH is 2. The van der Waals surface area contributed by atoms with E-state index in [1.165, 1.54) is 0 Å². The van der Waals surface area contributed by atoms with E-state index in [1.54, 1.807) is 6.20 Å². The Bertz CT molecular complexity index is 481. The predicted molar refractivity (Wildman–Crippen MR) is 111 cm³/mol. The van der Waals surface area contributed by atoms with Crippen LogP contribution in [-0.2, 0) is 14.2 Å². The van der Waals surface area contributed by atoms with Crippen molar-refractivity contribution in [3.8, 4) is 0 Å². The third-order valence-electron chi connectivity index (χ3n) is 5.01. The molecule has 0 spiro atoms. The normalized spacial score (nSPS) is 17.2. The maximum absolute atomic E-state index is 11.1. The zero-order valence-electron chi connectivity index (χ0n) is 18.2. The molecular weight excluding hydrogens is 358 g/mol. The van der Waals surface area contributed by atoms with Crippen molar-refractivity contribution in [3.05, 3.63) is 24.0 Å². The number of rotatable bonds is 17. The van der Waals surface area contributed by atoms with E-state index in [2.05, 4.69) is 25.8 Å². The molecule has 0 saturated heterocycles. The molecule has 1 aromatic rings. The minimum absolute atomic E-state index is 0.154. The molecule has 0 aliphatic carbocycles. The highest BCUT2D eigenvalue weighted by atomic mass is 16.6. The molecule has 1 heterocycles. The van der Waals surface area contributed by atoms with Crippen LogP contribution in [-0.4, -0.2) is 59.4 Å². The van der Waals surface area contributed by atoms with Crippen molar-refractivity contribution in [2.45, 2.75) is 90.1 Å². The summed E-state index contributed by atoms with van der Waals surface area (Å²) in [5.41, 5.74) is -0.469. The second kappa shape index (κ2) is 14.1. The number of aromatic nitrogens is 1. The van der Waals surface area contributed by atoms with Crippen molar-refractivity contribution >= 4 is 0 Å². The molecule has 1 aromatic heterocycles. The topological polar surface area (TPSA) is 83.9 Å². The number of aliphatic hydroxyl groups is 2. The van der Waals surface area contributed by atoms with Gasteiger partial charge < -0.3 is 29.4 Å². The average molecular weight is 400 g/mol. The monoisotopic (exact) mass is 399 g/mol. The van der Waals surface area contributed by atoms with Gasteiger partial charge in [0.15, 0.2) is 0 Å². The van der Waals surface area contributed by atoms with Gasteiger partial charge in [-0.25, -0.2) is 0 Å². The Kier molecular flexibility index (Phi) is 12.7. The van der Waals surface area contributed by atoms with E-state index in [0.717, 1.165) is 38.5 Å². The third-order valence-corrected chi connectivity index (χ3v) is 5.01. The van der Waals surface area contributed by atoms with Crippen LogP contribution in [0.5, 0.6) is 0 Å². The third kappa shape index (κ3) is 7.84. The summed E-state index contributed by atoms with van der Waals surface area (Å²) in [6.45, 7) is 9.84. The number of aromatic amines is 1. The molecule has 1 unspecified atom stereocenters. The van der Waals surface area contributed by atoms with Crippen molar-refractivity contribution in [1.29, 1.82) is 0 Å². The van der Waals surface area contributed by atoms with Crippen LogP contribution in [0.25, 0.3) is 0 Å². The number of H-pyrrole nitrogens is 1. The first-order valence-corrected chi connectivity index (χ1v) is 10.8. The highest BCUT2D eigenvalue weighted by molar-refractivity contribution is 5.13. The number of nitrogens with one attached hydrogen (secondary N) is 1. The Balaban J connectivity index is 3.01. The molecule has 0 aliphatic rings. The Morgan fingerprint density at radius 3 is 2.25 bits per heavy atom. The smallest absolute Gasteiger partial charge is 0.125 e. The molecular formula is C22H41NO5. The van der Waals surface area contributed by atoms with Crippen LogP contribution in [0.1, 0.15) is 78.0 Å². The van der Waals surface area contributed by atoms with Gasteiger partial charge in [0.25, 0.3) is 0 Å². The van der Waals surface area contributed by atoms with Gasteiger partial charge in [-0.2, -0.15) is 0 Å². The summed E-state index contributed by atoms with van der Waals surface area (Å²) in [6.07, 6.45) is 4.90. The van der Waals surface area contributed by atoms with Gasteiger partial charge in [0, 0.05) is 31.7 Å². The Labute approximate surface area is 170 Å². The fourth-order valence-electron chi connectivity index (χ4n) is 3.13. The molecule has 0 radical (unpaired) electrons. The summed E-state index contributed by atoms with van der Waals surface area (Å²) in [4.78, 5) is 3.06. The van der Waals surface area contributed by atoms with E-state index >= 15 is 0 Å². The lowest BCUT2D eigenvalue weighted by molar-refractivity contribution is -0.222. The van der Waals surface area contributed by atoms with E-state index in [1.807, 2.05) is 19.1 Å². The van der Waals surface area contributed by atoms with E-state index < -0.39 is 23.9 Å². The van der Waals surface area contributed by atoms with Crippen LogP contribution >= 0.6 is 0 Å². The van der Waals surface area contributed by atoms with Gasteiger partial charge in [0.1, 0.15) is 23.9 Å². The minimum Gasteiger partial charge on any atom is -0.388 e. The highest BCUT2D eigenvalue weighted by Gasteiger charge is 2.47. The Hall–Kier alpha value is -0.920. The molecule has 0 aliphatic heterocycles. The number of unbranched alkanes of at least 4 members (excludes halogenated alkanes) is 3. The van der Waals surface area contributed by atoms with Gasteiger partial charge in [0.05, 0.1) is 6.61 Å². The predicted octanol–water partition coefficient (Wildman–Crippen LogP) is 3.99. The van der Waals surface area contributed by atoms with Gasteiger partial charge in [-0.1, -0.05) is 40.0 Å². The molecule has 0 fully saturated rings. The largest absolute Gasteiger partial charge is 0.388 e. The standard InChI is InChI=1S/C22H41NO5/c1-5-8-14-26-17-19(24)21(27-15-9-6-2)22(4,28-16-10-7-3)20(25)18-12-11-13-23-18/h11-13,19-21,23-25H,5-10,14-17H2,1-4H3/t19-,20?,21-,22+/m1/s1. The van der Waals surface area contributed by atoms with Crippen molar-refractivity contribution in [2.24, 2.45) is 0 Å². The fraction of sp³-hybridized carbons (Fsp3) is 0.818. The van der Waals surface area contributed by atoms with E-state index in [0.29, 0.717) is 25.5 Å². The molecule has 1 rings (SSSR count). The van der Waals surface area contributed by atoms with Crippen molar-refractivity contribution in [2.75, 3.05) is 26.4 Å². The van der Waals surface area contributed by atoms with Crippen molar-refractivity contribution in [1.82, 2.24) is 4.98 Å². The van der Waals surface area contributed by atoms with Crippen LogP contribution in [0.4, 0.5) is 0 Å². The molecule has 0 saturated carbocycles. The molecule has 0 bridgehead atoms. The molecule has 6 nitrogen and oxygen atoms in total. The summed E-state index contributed by atoms with van der Waals surface area (Å²) in [5, 5.41) is 22.0. The summed E-state index contributed by atoms with van der Waals surface area (Å²) in [7, 11) is 0. The first-order chi connectivity index (χ1) is 13.5. The van der Waals surface area contributed by atoms with Gasteiger partial charge >= 0.3 is 0 Å². The molecule has 164 valence electrons. The zero-order chi connectivity index (χ0) is 20.8. The van der Waals surface area contributed by atoms with E-state index in [4.69, 9.17) is 14.2 Å². The summed E-state index contributed by atoms with van der Waals surface area (Å²) < 4.78 is 17.9. The van der Waals surface area contributed by atoms with Gasteiger partial charge in [0.2, 0.25) is 0 Å². The average Bonchev–Trinajstić information content (AvgIpc) is 3.22. The molecule has 0 aromatic carbocycles. The fourth-order valence-corrected chi connectivity index (χ4v) is 3.13. The Morgan fingerprint density at radius 1 is 1.00 bits per heavy atom. The zero-order valence-corrected chi connectivity index (χ0v) is 18.2. The van der Waals surface area contributed by atoms with Crippen LogP contribution in [0, 0.1) is 0 Å². The van der Waals surface area contributed by atoms with Crippen LogP contribution < -0.4 is 0 Å². The maximum Gasteiger partial charge on any atom is 0.125 e. The van der Waals surface area contributed by atoms with Gasteiger partial charge in [-0.05, 0) is 38.3 Å². The van der Waals surface area contributed by atoms with Gasteiger partial charge in [-0.15, -0.1) is 0 Å². The number of ether oxygens (including phenoxy) is 3. The minimum atomic E-state index is -1.11. The molecule has 0 amide bonds. The lowest BCUT2D eigenvalue weighted by atomic mass is 9.86. The summed E-state index contributed by atoms with van der Waals surface area (Å²) >= 11 is 0. The van der Waals surface area contributed by atoms with E-state index in [9.17, 15) is 10.2 Å². The van der Waals surface area contributed by atoms with Crippen LogP contribution in [0.15, 0.2) is 18.3 Å². The number of hydrogen-bond donors (Lipinski definition) is 3. The number of hydrogen-bond acceptors (Lipinski definition) is 5. The van der Waals surface area contributed by atoms with Crippen molar-refractivity contribution in [3.63, 3.8) is 0 Å². The van der Waals surface area contributed by atoms with Crippen LogP contribution in [0.3, 0.4) is 0 Å². The highest BCUT2D eigenvalue weighted by Crippen LogP contribution is 2.35. The maximum atomic E-state index is 11.1. The second-order valence-corrected chi connectivity index (χ2v) is 7.55. The Morgan fingerprint density at radius 2 is 1.64 bits per heavy atom. The van der Waals surface area contributed by atoms with Crippen molar-refractivity contribution < 1.29 is 24.4 Å². The first-order valence-electron chi connectivity index (χ1n) is 10.8. The molecule has 4 atom stereocenters. The lowest BCUT2D eigenvalue weighted by Gasteiger charge is -2.42. The van der Waals surface area contributed by atoms with E-state index in [-0.39, 0.29) is 6.61 Å². The first kappa shape index (κ1) is 25.1. The summed E-state index contributed by atoms with van der Waals surface area (Å²) in [5.74, 6) is 0. The molecule has 6 heteroatoms. The van der Waals surface area contributed by atoms with Gasteiger partial charge in [-0.3, -0.25) is 0 Å². The second-order valence-electron chi connectivity index (χ2n) is 7.55.